The lowest BCUT2D eigenvalue weighted by Crippen LogP contribution is -2.45. The molecule has 1 aliphatic rings. The number of hydrogen-bond donors (Lipinski definition) is 2. The van der Waals surface area contributed by atoms with Crippen LogP contribution in [0.3, 0.4) is 0 Å². The molecule has 7 heteroatoms. The van der Waals surface area contributed by atoms with Crippen molar-refractivity contribution in [3.8, 4) is 11.5 Å². The molecule has 25 heavy (non-hydrogen) atoms. The summed E-state index contributed by atoms with van der Waals surface area (Å²) < 4.78 is 40.9. The van der Waals surface area contributed by atoms with Gasteiger partial charge in [-0.25, -0.2) is 0 Å². The number of nitrogens with zero attached hydrogens (tertiary/aromatic N) is 1. The second-order valence-corrected chi connectivity index (χ2v) is 5.90. The molecule has 3 rings (SSSR count). The Labute approximate surface area is 143 Å². The van der Waals surface area contributed by atoms with E-state index in [0.29, 0.717) is 0 Å². The number of ether oxygens (including phenoxy) is 1. The Kier molecular flexibility index (Phi) is 5.15. The topological polar surface area (TPSA) is 44.7 Å². The summed E-state index contributed by atoms with van der Waals surface area (Å²) >= 11 is 0. The summed E-state index contributed by atoms with van der Waals surface area (Å²) in [6.07, 6.45) is -4.70. The van der Waals surface area contributed by atoms with Crippen molar-refractivity contribution >= 4 is 0 Å². The van der Waals surface area contributed by atoms with Crippen molar-refractivity contribution in [2.45, 2.75) is 12.4 Å². The predicted octanol–water partition coefficient (Wildman–Crippen LogP) is 3.29. The molecular weight excluding hydrogens is 333 g/mol. The summed E-state index contributed by atoms with van der Waals surface area (Å²) in [5, 5.41) is 13.1. The molecular formula is C18H19F3N2O2. The van der Waals surface area contributed by atoms with Gasteiger partial charge in [-0.3, -0.25) is 4.90 Å². The fourth-order valence-corrected chi connectivity index (χ4v) is 3.10. The van der Waals surface area contributed by atoms with Crippen LogP contribution < -0.4 is 10.1 Å². The molecule has 0 aromatic heterocycles. The van der Waals surface area contributed by atoms with Crippen molar-refractivity contribution < 1.29 is 23.0 Å². The highest BCUT2D eigenvalue weighted by molar-refractivity contribution is 5.38. The molecule has 2 N–H and O–H groups in total. The van der Waals surface area contributed by atoms with Crippen LogP contribution in [-0.2, 0) is 0 Å². The first-order valence-corrected chi connectivity index (χ1v) is 8.02. The van der Waals surface area contributed by atoms with Gasteiger partial charge in [0.25, 0.3) is 0 Å². The summed E-state index contributed by atoms with van der Waals surface area (Å²) in [7, 11) is 0. The maximum Gasteiger partial charge on any atom is 0.573 e. The molecule has 0 bridgehead atoms. The zero-order valence-corrected chi connectivity index (χ0v) is 13.5. The van der Waals surface area contributed by atoms with Crippen LogP contribution in [0.2, 0.25) is 0 Å². The van der Waals surface area contributed by atoms with Crippen molar-refractivity contribution in [2.24, 2.45) is 0 Å². The zero-order chi connectivity index (χ0) is 17.9. The maximum atomic E-state index is 12.3. The molecule has 2 aromatic rings. The number of alkyl halides is 3. The first kappa shape index (κ1) is 17.6. The summed E-state index contributed by atoms with van der Waals surface area (Å²) in [5.74, 6) is -0.0825. The first-order chi connectivity index (χ1) is 11.9. The molecule has 1 heterocycles. The van der Waals surface area contributed by atoms with Crippen molar-refractivity contribution in [3.63, 3.8) is 0 Å². The third kappa shape index (κ3) is 4.64. The molecule has 1 aliphatic heterocycles. The normalized spacial score (nSPS) is 17.2. The molecule has 0 spiro atoms. The van der Waals surface area contributed by atoms with Gasteiger partial charge >= 0.3 is 6.36 Å². The number of phenolic OH excluding ortho intramolecular Hbond substituents is 1. The molecule has 0 saturated carbocycles. The highest BCUT2D eigenvalue weighted by Gasteiger charge is 2.31. The lowest BCUT2D eigenvalue weighted by Gasteiger charge is -2.35. The van der Waals surface area contributed by atoms with E-state index < -0.39 is 6.36 Å². The molecule has 1 saturated heterocycles. The van der Waals surface area contributed by atoms with E-state index >= 15 is 0 Å². The van der Waals surface area contributed by atoms with Crippen LogP contribution in [0.15, 0.2) is 48.5 Å². The lowest BCUT2D eigenvalue weighted by atomic mass is 9.96. The molecule has 2 aromatic carbocycles. The van der Waals surface area contributed by atoms with Gasteiger partial charge in [0.05, 0.1) is 6.04 Å². The fourth-order valence-electron chi connectivity index (χ4n) is 3.10. The minimum absolute atomic E-state index is 0.144. The van der Waals surface area contributed by atoms with E-state index in [0.717, 1.165) is 37.3 Å². The van der Waals surface area contributed by atoms with Gasteiger partial charge < -0.3 is 15.2 Å². The molecule has 0 aliphatic carbocycles. The van der Waals surface area contributed by atoms with E-state index in [4.69, 9.17) is 0 Å². The third-order valence-electron chi connectivity index (χ3n) is 4.13. The zero-order valence-electron chi connectivity index (χ0n) is 13.5. The molecule has 0 radical (unpaired) electrons. The lowest BCUT2D eigenvalue weighted by molar-refractivity contribution is -0.274. The Balaban J connectivity index is 1.91. The van der Waals surface area contributed by atoms with Gasteiger partial charge in [0.15, 0.2) is 0 Å². The fraction of sp³-hybridized carbons (Fsp3) is 0.333. The molecule has 4 nitrogen and oxygen atoms in total. The van der Waals surface area contributed by atoms with Gasteiger partial charge in [-0.2, -0.15) is 0 Å². The monoisotopic (exact) mass is 352 g/mol. The van der Waals surface area contributed by atoms with Gasteiger partial charge in [-0.05, 0) is 35.4 Å². The largest absolute Gasteiger partial charge is 0.573 e. The van der Waals surface area contributed by atoms with Crippen LogP contribution in [0.5, 0.6) is 11.5 Å². The summed E-state index contributed by atoms with van der Waals surface area (Å²) in [6.45, 7) is 3.29. The van der Waals surface area contributed by atoms with Crippen molar-refractivity contribution in [2.75, 3.05) is 26.2 Å². The van der Waals surface area contributed by atoms with Gasteiger partial charge in [0, 0.05) is 26.2 Å². The predicted molar refractivity (Wildman–Crippen MR) is 87.5 cm³/mol. The van der Waals surface area contributed by atoms with Crippen molar-refractivity contribution in [1.29, 1.82) is 0 Å². The average Bonchev–Trinajstić information content (AvgIpc) is 2.56. The number of halogens is 3. The molecule has 0 amide bonds. The minimum Gasteiger partial charge on any atom is -0.508 e. The number of piperazine rings is 1. The Morgan fingerprint density at radius 1 is 1.00 bits per heavy atom. The standard InChI is InChI=1S/C18H19F3N2O2/c19-18(20,21)25-16-6-4-13(5-7-16)17(23-10-8-22-9-11-23)14-2-1-3-15(24)12-14/h1-7,12,17,22,24H,8-11H2/t17-/m1/s1. The average molecular weight is 352 g/mol. The van der Waals surface area contributed by atoms with E-state index in [2.05, 4.69) is 15.0 Å². The maximum absolute atomic E-state index is 12.3. The highest BCUT2D eigenvalue weighted by Crippen LogP contribution is 2.32. The van der Waals surface area contributed by atoms with Crippen LogP contribution in [0, 0.1) is 0 Å². The van der Waals surface area contributed by atoms with E-state index in [-0.39, 0.29) is 17.5 Å². The second-order valence-electron chi connectivity index (χ2n) is 5.90. The minimum atomic E-state index is -4.70. The van der Waals surface area contributed by atoms with Crippen LogP contribution in [0.25, 0.3) is 0 Å². The van der Waals surface area contributed by atoms with Gasteiger partial charge in [-0.1, -0.05) is 24.3 Å². The number of benzene rings is 2. The van der Waals surface area contributed by atoms with E-state index in [1.54, 1.807) is 30.3 Å². The number of phenols is 1. The van der Waals surface area contributed by atoms with Crippen LogP contribution in [0.4, 0.5) is 13.2 Å². The second kappa shape index (κ2) is 7.33. The Morgan fingerprint density at radius 3 is 2.28 bits per heavy atom. The summed E-state index contributed by atoms with van der Waals surface area (Å²) in [4.78, 5) is 2.24. The molecule has 1 fully saturated rings. The first-order valence-electron chi connectivity index (χ1n) is 8.02. The third-order valence-corrected chi connectivity index (χ3v) is 4.13. The van der Waals surface area contributed by atoms with E-state index in [1.807, 2.05) is 6.07 Å². The SMILES string of the molecule is Oc1cccc([C@@H](c2ccc(OC(F)(F)F)cc2)N2CCNCC2)c1. The van der Waals surface area contributed by atoms with Crippen molar-refractivity contribution in [3.05, 3.63) is 59.7 Å². The Hall–Kier alpha value is -2.25. The van der Waals surface area contributed by atoms with E-state index in [9.17, 15) is 18.3 Å². The van der Waals surface area contributed by atoms with Gasteiger partial charge in [-0.15, -0.1) is 13.2 Å². The van der Waals surface area contributed by atoms with Crippen LogP contribution in [-0.4, -0.2) is 42.5 Å². The quantitative estimate of drug-likeness (QED) is 0.886. The number of hydrogen-bond acceptors (Lipinski definition) is 4. The van der Waals surface area contributed by atoms with Gasteiger partial charge in [0.1, 0.15) is 11.5 Å². The van der Waals surface area contributed by atoms with Crippen LogP contribution >= 0.6 is 0 Å². The molecule has 134 valence electrons. The Morgan fingerprint density at radius 2 is 1.68 bits per heavy atom. The van der Waals surface area contributed by atoms with Gasteiger partial charge in [0.2, 0.25) is 0 Å². The highest BCUT2D eigenvalue weighted by atomic mass is 19.4. The van der Waals surface area contributed by atoms with Crippen molar-refractivity contribution in [1.82, 2.24) is 10.2 Å². The smallest absolute Gasteiger partial charge is 0.508 e. The number of rotatable bonds is 4. The summed E-state index contributed by atoms with van der Waals surface area (Å²) in [5.41, 5.74) is 1.74. The number of aromatic hydroxyl groups is 1. The molecule has 0 unspecified atom stereocenters. The molecule has 1 atom stereocenters. The van der Waals surface area contributed by atoms with E-state index in [1.165, 1.54) is 12.1 Å². The summed E-state index contributed by atoms with van der Waals surface area (Å²) in [6, 6.07) is 12.7. The number of nitrogens with one attached hydrogen (secondary N) is 1. The van der Waals surface area contributed by atoms with Crippen LogP contribution in [0.1, 0.15) is 17.2 Å². The Bertz CT molecular complexity index is 698.